The molecule has 5 heteroatoms. The number of rotatable bonds is 4. The van der Waals surface area contributed by atoms with Gasteiger partial charge in [-0.05, 0) is 6.42 Å². The summed E-state index contributed by atoms with van der Waals surface area (Å²) in [5.41, 5.74) is 0. The molecule has 0 aliphatic carbocycles. The van der Waals surface area contributed by atoms with Crippen molar-refractivity contribution in [2.24, 2.45) is 0 Å². The summed E-state index contributed by atoms with van der Waals surface area (Å²) in [5, 5.41) is 11.2. The Morgan fingerprint density at radius 2 is 2.36 bits per heavy atom. The summed E-state index contributed by atoms with van der Waals surface area (Å²) >= 11 is 8.38. The second-order valence-corrected chi connectivity index (χ2v) is 3.29. The molecule has 0 aromatic rings. The normalized spacial score (nSPS) is 12.2. The van der Waals surface area contributed by atoms with Crippen molar-refractivity contribution in [1.29, 1.82) is 0 Å². The molecule has 0 rings (SSSR count). The molecule has 3 nitrogen and oxygen atoms in total. The van der Waals surface area contributed by atoms with Crippen LogP contribution in [0, 0.1) is 0 Å². The summed E-state index contributed by atoms with van der Waals surface area (Å²) in [7, 11) is 0. The Morgan fingerprint density at radius 3 is 2.64 bits per heavy atom. The largest absolute Gasteiger partial charge is 0.480 e. The highest BCUT2D eigenvalue weighted by Gasteiger charge is 2.15. The zero-order valence-corrected chi connectivity index (χ0v) is 7.91. The van der Waals surface area contributed by atoms with E-state index in [9.17, 15) is 4.79 Å². The smallest absolute Gasteiger partial charge is 0.326 e. The summed E-state index contributed by atoms with van der Waals surface area (Å²) in [4.78, 5) is 10.5. The Labute approximate surface area is 76.6 Å². The molecule has 0 heterocycles. The lowest BCUT2D eigenvalue weighted by molar-refractivity contribution is -0.139. The highest BCUT2D eigenvalue weighted by atomic mass is 32.1. The van der Waals surface area contributed by atoms with E-state index in [0.717, 1.165) is 6.42 Å². The molecule has 0 saturated heterocycles. The van der Waals surface area contributed by atoms with Crippen LogP contribution in [0.4, 0.5) is 0 Å². The molecule has 0 aliphatic rings. The maximum atomic E-state index is 10.5. The summed E-state index contributed by atoms with van der Waals surface area (Å²) in [5.74, 6) is -0.886. The van der Waals surface area contributed by atoms with E-state index < -0.39 is 12.0 Å². The molecule has 2 N–H and O–H groups in total. The molecule has 0 radical (unpaired) electrons. The first-order valence-electron chi connectivity index (χ1n) is 3.30. The lowest BCUT2D eigenvalue weighted by atomic mass is 10.2. The van der Waals surface area contributed by atoms with Gasteiger partial charge in [0.2, 0.25) is 0 Å². The van der Waals surface area contributed by atoms with Gasteiger partial charge in [0.1, 0.15) is 10.4 Å². The number of hydrogen-bond donors (Lipinski definition) is 3. The van der Waals surface area contributed by atoms with Gasteiger partial charge in [-0.25, -0.2) is 4.79 Å². The summed E-state index contributed by atoms with van der Waals surface area (Å²) < 4.78 is 0.228. The Kier molecular flexibility index (Phi) is 5.23. The van der Waals surface area contributed by atoms with Crippen LogP contribution in [0.15, 0.2) is 0 Å². The summed E-state index contributed by atoms with van der Waals surface area (Å²) in [6.07, 6.45) is 1.37. The lowest BCUT2D eigenvalue weighted by Gasteiger charge is -2.11. The van der Waals surface area contributed by atoms with E-state index in [-0.39, 0.29) is 4.32 Å². The number of aliphatic carboxylic acids is 1. The minimum atomic E-state index is -0.886. The van der Waals surface area contributed by atoms with E-state index in [1.807, 2.05) is 6.92 Å². The molecule has 0 fully saturated rings. The molecule has 64 valence electrons. The molecule has 0 aliphatic heterocycles. The van der Waals surface area contributed by atoms with E-state index in [1.165, 1.54) is 0 Å². The third kappa shape index (κ3) is 5.03. The van der Waals surface area contributed by atoms with Crippen LogP contribution in [0.1, 0.15) is 19.8 Å². The van der Waals surface area contributed by atoms with Crippen molar-refractivity contribution in [2.75, 3.05) is 0 Å². The topological polar surface area (TPSA) is 49.3 Å². The predicted molar refractivity (Wildman–Crippen MR) is 51.1 cm³/mol. The standard InChI is InChI=1S/C6H11NO2S2/c1-2-3-4(5(8)9)7-6(10)11/h4H,2-3H2,1H3,(H,8,9)(H2,7,10,11). The van der Waals surface area contributed by atoms with E-state index >= 15 is 0 Å². The molecular formula is C6H11NO2S2. The van der Waals surface area contributed by atoms with Crippen LogP contribution in [0.3, 0.4) is 0 Å². The summed E-state index contributed by atoms with van der Waals surface area (Å²) in [6, 6.07) is -0.593. The fourth-order valence-electron chi connectivity index (χ4n) is 0.695. The van der Waals surface area contributed by atoms with Gasteiger partial charge in [0, 0.05) is 0 Å². The van der Waals surface area contributed by atoms with Crippen LogP contribution >= 0.6 is 24.8 Å². The molecule has 0 spiro atoms. The van der Waals surface area contributed by atoms with E-state index in [1.54, 1.807) is 0 Å². The maximum absolute atomic E-state index is 10.5. The fraction of sp³-hybridized carbons (Fsp3) is 0.667. The molecule has 0 bridgehead atoms. The van der Waals surface area contributed by atoms with E-state index in [0.29, 0.717) is 6.42 Å². The molecular weight excluding hydrogens is 182 g/mol. The molecule has 1 atom stereocenters. The average Bonchev–Trinajstić information content (AvgIpc) is 1.86. The van der Waals surface area contributed by atoms with Crippen molar-refractivity contribution >= 4 is 35.1 Å². The highest BCUT2D eigenvalue weighted by molar-refractivity contribution is 8.11. The number of hydrogen-bond acceptors (Lipinski definition) is 2. The van der Waals surface area contributed by atoms with Gasteiger partial charge in [-0.1, -0.05) is 25.6 Å². The Morgan fingerprint density at radius 1 is 1.82 bits per heavy atom. The minimum absolute atomic E-state index is 0.228. The SMILES string of the molecule is CCCC(NC(=S)S)C(=O)O. The Hall–Kier alpha value is -0.290. The number of carboxylic acids is 1. The van der Waals surface area contributed by atoms with Crippen LogP contribution in [0.5, 0.6) is 0 Å². The van der Waals surface area contributed by atoms with Crippen molar-refractivity contribution in [3.8, 4) is 0 Å². The molecule has 0 aromatic carbocycles. The third-order valence-electron chi connectivity index (χ3n) is 1.17. The molecule has 11 heavy (non-hydrogen) atoms. The van der Waals surface area contributed by atoms with Gasteiger partial charge in [-0.3, -0.25) is 0 Å². The highest BCUT2D eigenvalue weighted by Crippen LogP contribution is 1.97. The monoisotopic (exact) mass is 193 g/mol. The van der Waals surface area contributed by atoms with E-state index in [2.05, 4.69) is 30.2 Å². The second-order valence-electron chi connectivity index (χ2n) is 2.13. The number of carbonyl (C=O) groups is 1. The van der Waals surface area contributed by atoms with Gasteiger partial charge in [0.25, 0.3) is 0 Å². The van der Waals surface area contributed by atoms with Gasteiger partial charge >= 0.3 is 5.97 Å². The van der Waals surface area contributed by atoms with Crippen LogP contribution in [-0.4, -0.2) is 21.4 Å². The van der Waals surface area contributed by atoms with Gasteiger partial charge in [-0.2, -0.15) is 0 Å². The van der Waals surface area contributed by atoms with Crippen molar-refractivity contribution in [1.82, 2.24) is 5.32 Å². The number of thiol groups is 1. The first kappa shape index (κ1) is 10.7. The maximum Gasteiger partial charge on any atom is 0.326 e. The van der Waals surface area contributed by atoms with Gasteiger partial charge in [0.15, 0.2) is 0 Å². The van der Waals surface area contributed by atoms with Crippen LogP contribution < -0.4 is 5.32 Å². The van der Waals surface area contributed by atoms with Crippen LogP contribution in [0.25, 0.3) is 0 Å². The molecule has 1 unspecified atom stereocenters. The number of nitrogens with one attached hydrogen (secondary N) is 1. The number of carboxylic acid groups (broad SMARTS) is 1. The second kappa shape index (κ2) is 5.37. The zero-order valence-electron chi connectivity index (χ0n) is 6.20. The predicted octanol–water partition coefficient (Wildman–Crippen LogP) is 1.04. The first-order valence-corrected chi connectivity index (χ1v) is 4.15. The van der Waals surface area contributed by atoms with Crippen molar-refractivity contribution in [3.05, 3.63) is 0 Å². The van der Waals surface area contributed by atoms with Gasteiger partial charge < -0.3 is 10.4 Å². The van der Waals surface area contributed by atoms with Crippen molar-refractivity contribution < 1.29 is 9.90 Å². The quantitative estimate of drug-likeness (QED) is 0.461. The van der Waals surface area contributed by atoms with Gasteiger partial charge in [-0.15, -0.1) is 12.6 Å². The van der Waals surface area contributed by atoms with Crippen molar-refractivity contribution in [3.63, 3.8) is 0 Å². The zero-order chi connectivity index (χ0) is 8.85. The molecule has 0 saturated carbocycles. The first-order chi connectivity index (χ1) is 5.07. The molecule has 0 amide bonds. The Bertz CT molecular complexity index is 161. The van der Waals surface area contributed by atoms with Crippen LogP contribution in [0.2, 0.25) is 0 Å². The van der Waals surface area contributed by atoms with Crippen LogP contribution in [-0.2, 0) is 4.79 Å². The minimum Gasteiger partial charge on any atom is -0.480 e. The fourth-order valence-corrected chi connectivity index (χ4v) is 0.993. The number of thiocarbonyl (C=S) groups is 1. The Balaban J connectivity index is 3.89. The van der Waals surface area contributed by atoms with Gasteiger partial charge in [0.05, 0.1) is 0 Å². The summed E-state index contributed by atoms with van der Waals surface area (Å²) in [6.45, 7) is 1.92. The third-order valence-corrected chi connectivity index (χ3v) is 1.42. The lowest BCUT2D eigenvalue weighted by Crippen LogP contribution is -2.37. The molecule has 0 aromatic heterocycles. The van der Waals surface area contributed by atoms with E-state index in [4.69, 9.17) is 5.11 Å². The average molecular weight is 193 g/mol. The van der Waals surface area contributed by atoms with Crippen molar-refractivity contribution in [2.45, 2.75) is 25.8 Å².